The number of rotatable bonds is 5. The van der Waals surface area contributed by atoms with Crippen LogP contribution in [0, 0.1) is 3.57 Å². The third-order valence-corrected chi connectivity index (χ3v) is 4.20. The van der Waals surface area contributed by atoms with Crippen molar-refractivity contribution in [3.05, 3.63) is 26.3 Å². The largest absolute Gasteiger partial charge is 0.496 e. The van der Waals surface area contributed by atoms with Gasteiger partial charge in [0.15, 0.2) is 0 Å². The minimum absolute atomic E-state index is 0.0118. The van der Waals surface area contributed by atoms with E-state index in [4.69, 9.17) is 21.4 Å². The molecule has 0 saturated carbocycles. The summed E-state index contributed by atoms with van der Waals surface area (Å²) >= 11 is 8.11. The number of carbonyl (C=O) groups excluding carboxylic acids is 1. The SMILES string of the molecule is COc1cc(I)c(Cl)cc1C(=O)NC(C)(C)CCO. The zero-order chi connectivity index (χ0) is 14.6. The Hall–Kier alpha value is -0.530. The molecule has 0 spiro atoms. The molecular formula is C13H17ClINO3. The third-order valence-electron chi connectivity index (χ3n) is 2.68. The molecule has 0 bridgehead atoms. The smallest absolute Gasteiger partial charge is 0.255 e. The van der Waals surface area contributed by atoms with Crippen LogP contribution in [0.25, 0.3) is 0 Å². The number of nitrogens with one attached hydrogen (secondary N) is 1. The number of aliphatic hydroxyl groups is 1. The lowest BCUT2D eigenvalue weighted by Gasteiger charge is -2.25. The van der Waals surface area contributed by atoms with Crippen LogP contribution < -0.4 is 10.1 Å². The van der Waals surface area contributed by atoms with E-state index in [1.165, 1.54) is 7.11 Å². The molecule has 1 rings (SSSR count). The summed E-state index contributed by atoms with van der Waals surface area (Å²) in [6.07, 6.45) is 0.471. The van der Waals surface area contributed by atoms with Crippen molar-refractivity contribution in [2.45, 2.75) is 25.8 Å². The molecule has 1 aromatic rings. The second-order valence-electron chi connectivity index (χ2n) is 4.78. The molecule has 0 aliphatic heterocycles. The highest BCUT2D eigenvalue weighted by molar-refractivity contribution is 14.1. The Bertz CT molecular complexity index is 477. The van der Waals surface area contributed by atoms with E-state index < -0.39 is 5.54 Å². The van der Waals surface area contributed by atoms with E-state index in [2.05, 4.69) is 27.9 Å². The maximum Gasteiger partial charge on any atom is 0.255 e. The number of benzene rings is 1. The second-order valence-corrected chi connectivity index (χ2v) is 6.35. The van der Waals surface area contributed by atoms with Crippen molar-refractivity contribution in [1.29, 1.82) is 0 Å². The fourth-order valence-electron chi connectivity index (χ4n) is 1.59. The number of aliphatic hydroxyl groups excluding tert-OH is 1. The van der Waals surface area contributed by atoms with Crippen LogP contribution in [0.15, 0.2) is 12.1 Å². The van der Waals surface area contributed by atoms with Gasteiger partial charge in [-0.2, -0.15) is 0 Å². The van der Waals surface area contributed by atoms with E-state index >= 15 is 0 Å². The standard InChI is InChI=1S/C13H17ClINO3/c1-13(2,4-5-17)16-12(18)8-6-9(14)10(15)7-11(8)19-3/h6-7,17H,4-5H2,1-3H3,(H,16,18). The summed E-state index contributed by atoms with van der Waals surface area (Å²) in [6.45, 7) is 3.71. The zero-order valence-electron chi connectivity index (χ0n) is 11.1. The Labute approximate surface area is 131 Å². The van der Waals surface area contributed by atoms with Gasteiger partial charge in [-0.15, -0.1) is 0 Å². The molecule has 0 aliphatic rings. The lowest BCUT2D eigenvalue weighted by Crippen LogP contribution is -2.44. The van der Waals surface area contributed by atoms with Gasteiger partial charge in [0.2, 0.25) is 0 Å². The number of methoxy groups -OCH3 is 1. The van der Waals surface area contributed by atoms with Crippen LogP contribution in [0.4, 0.5) is 0 Å². The molecule has 2 N–H and O–H groups in total. The molecule has 0 heterocycles. The van der Waals surface area contributed by atoms with Crippen molar-refractivity contribution in [3.8, 4) is 5.75 Å². The Morgan fingerprint density at radius 1 is 1.53 bits per heavy atom. The van der Waals surface area contributed by atoms with Crippen molar-refractivity contribution in [1.82, 2.24) is 5.32 Å². The van der Waals surface area contributed by atoms with Gasteiger partial charge in [-0.25, -0.2) is 0 Å². The molecule has 0 radical (unpaired) electrons. The van der Waals surface area contributed by atoms with E-state index in [-0.39, 0.29) is 12.5 Å². The average molecular weight is 398 g/mol. The summed E-state index contributed by atoms with van der Waals surface area (Å²) in [7, 11) is 1.51. The highest BCUT2D eigenvalue weighted by atomic mass is 127. The topological polar surface area (TPSA) is 58.6 Å². The van der Waals surface area contributed by atoms with Crippen LogP contribution in [-0.4, -0.2) is 30.3 Å². The molecule has 0 saturated heterocycles. The minimum atomic E-state index is -0.494. The summed E-state index contributed by atoms with van der Waals surface area (Å²) in [6, 6.07) is 3.31. The van der Waals surface area contributed by atoms with Gasteiger partial charge in [0.1, 0.15) is 5.75 Å². The maximum atomic E-state index is 12.2. The molecule has 0 aromatic heterocycles. The summed E-state index contributed by atoms with van der Waals surface area (Å²) in [5.74, 6) is 0.208. The molecule has 1 aromatic carbocycles. The Morgan fingerprint density at radius 3 is 2.68 bits per heavy atom. The van der Waals surface area contributed by atoms with Gasteiger partial charge in [-0.05, 0) is 55.0 Å². The highest BCUT2D eigenvalue weighted by Crippen LogP contribution is 2.28. The van der Waals surface area contributed by atoms with Gasteiger partial charge in [0, 0.05) is 15.7 Å². The number of halogens is 2. The van der Waals surface area contributed by atoms with Crippen molar-refractivity contribution >= 4 is 40.1 Å². The van der Waals surface area contributed by atoms with Crippen molar-refractivity contribution in [2.75, 3.05) is 13.7 Å². The van der Waals surface area contributed by atoms with Crippen molar-refractivity contribution in [3.63, 3.8) is 0 Å². The summed E-state index contributed by atoms with van der Waals surface area (Å²) in [5, 5.41) is 12.3. The number of carbonyl (C=O) groups is 1. The third kappa shape index (κ3) is 4.50. The van der Waals surface area contributed by atoms with Crippen LogP contribution in [0.2, 0.25) is 5.02 Å². The predicted octanol–water partition coefficient (Wildman–Crippen LogP) is 2.84. The molecule has 0 aliphatic carbocycles. The Balaban J connectivity index is 3.03. The lowest BCUT2D eigenvalue weighted by molar-refractivity contribution is 0.0896. The first-order valence-electron chi connectivity index (χ1n) is 5.77. The predicted molar refractivity (Wildman–Crippen MR) is 84.0 cm³/mol. The van der Waals surface area contributed by atoms with Gasteiger partial charge in [-0.3, -0.25) is 4.79 Å². The molecule has 19 heavy (non-hydrogen) atoms. The normalized spacial score (nSPS) is 11.3. The number of hydrogen-bond donors (Lipinski definition) is 2. The van der Waals surface area contributed by atoms with E-state index in [9.17, 15) is 4.79 Å². The molecule has 1 amide bonds. The lowest BCUT2D eigenvalue weighted by atomic mass is 10.0. The first kappa shape index (κ1) is 16.5. The van der Waals surface area contributed by atoms with Crippen LogP contribution in [-0.2, 0) is 0 Å². The average Bonchev–Trinajstić information content (AvgIpc) is 2.31. The maximum absolute atomic E-state index is 12.2. The Kier molecular flexibility index (Phi) is 5.88. The summed E-state index contributed by atoms with van der Waals surface area (Å²) in [5.41, 5.74) is -0.106. The van der Waals surface area contributed by atoms with Crippen LogP contribution in [0.3, 0.4) is 0 Å². The van der Waals surface area contributed by atoms with E-state index in [0.29, 0.717) is 22.8 Å². The quantitative estimate of drug-likeness (QED) is 0.751. The summed E-state index contributed by atoms with van der Waals surface area (Å²) in [4.78, 5) is 12.2. The van der Waals surface area contributed by atoms with Crippen molar-refractivity contribution in [2.24, 2.45) is 0 Å². The van der Waals surface area contributed by atoms with E-state index in [0.717, 1.165) is 3.57 Å². The van der Waals surface area contributed by atoms with Gasteiger partial charge in [-0.1, -0.05) is 11.6 Å². The van der Waals surface area contributed by atoms with Crippen LogP contribution >= 0.6 is 34.2 Å². The van der Waals surface area contributed by atoms with E-state index in [1.807, 2.05) is 13.8 Å². The second kappa shape index (κ2) is 6.76. The van der Waals surface area contributed by atoms with Gasteiger partial charge in [0.05, 0.1) is 17.7 Å². The van der Waals surface area contributed by atoms with Gasteiger partial charge >= 0.3 is 0 Å². The fraction of sp³-hybridized carbons (Fsp3) is 0.462. The molecule has 4 nitrogen and oxygen atoms in total. The summed E-state index contributed by atoms with van der Waals surface area (Å²) < 4.78 is 6.02. The monoisotopic (exact) mass is 397 g/mol. The molecule has 0 unspecified atom stereocenters. The molecular weight excluding hydrogens is 381 g/mol. The van der Waals surface area contributed by atoms with Crippen molar-refractivity contribution < 1.29 is 14.6 Å². The number of ether oxygens (including phenoxy) is 1. The number of hydrogen-bond acceptors (Lipinski definition) is 3. The van der Waals surface area contributed by atoms with Gasteiger partial charge in [0.25, 0.3) is 5.91 Å². The highest BCUT2D eigenvalue weighted by Gasteiger charge is 2.23. The molecule has 0 fully saturated rings. The van der Waals surface area contributed by atoms with Crippen LogP contribution in [0.1, 0.15) is 30.6 Å². The van der Waals surface area contributed by atoms with Crippen LogP contribution in [0.5, 0.6) is 5.75 Å². The minimum Gasteiger partial charge on any atom is -0.496 e. The van der Waals surface area contributed by atoms with Gasteiger partial charge < -0.3 is 15.2 Å². The molecule has 6 heteroatoms. The first-order chi connectivity index (χ1) is 8.80. The van der Waals surface area contributed by atoms with E-state index in [1.54, 1.807) is 12.1 Å². The Morgan fingerprint density at radius 2 is 2.16 bits per heavy atom. The molecule has 0 atom stereocenters. The number of amides is 1. The zero-order valence-corrected chi connectivity index (χ0v) is 14.0. The molecule has 106 valence electrons. The fourth-order valence-corrected chi connectivity index (χ4v) is 2.19. The first-order valence-corrected chi connectivity index (χ1v) is 7.23.